The van der Waals surface area contributed by atoms with E-state index in [1.807, 2.05) is 25.1 Å². The predicted octanol–water partition coefficient (Wildman–Crippen LogP) is 3.61. The minimum absolute atomic E-state index is 0.293. The third kappa shape index (κ3) is 1.90. The molecule has 3 nitrogen and oxygen atoms in total. The van der Waals surface area contributed by atoms with Crippen molar-refractivity contribution in [2.75, 3.05) is 0 Å². The Kier molecular flexibility index (Phi) is 3.12. The molecule has 0 aliphatic heterocycles. The second-order valence-corrected chi connectivity index (χ2v) is 4.52. The van der Waals surface area contributed by atoms with E-state index in [9.17, 15) is 4.79 Å². The number of carbonyl (C=O) groups is 1. The van der Waals surface area contributed by atoms with Crippen LogP contribution in [0.3, 0.4) is 0 Å². The highest BCUT2D eigenvalue weighted by Crippen LogP contribution is 2.31. The van der Waals surface area contributed by atoms with Crippen LogP contribution in [0.15, 0.2) is 22.8 Å². The lowest BCUT2D eigenvalue weighted by molar-refractivity contribution is 0.111. The first-order chi connectivity index (χ1) is 7.63. The summed E-state index contributed by atoms with van der Waals surface area (Å²) >= 11 is 9.37. The van der Waals surface area contributed by atoms with Crippen LogP contribution in [0.2, 0.25) is 5.02 Å². The number of aldehydes is 1. The monoisotopic (exact) mass is 298 g/mol. The van der Waals surface area contributed by atoms with E-state index in [-0.39, 0.29) is 0 Å². The molecule has 0 bridgehead atoms. The molecule has 0 saturated carbocycles. The number of imidazole rings is 1. The summed E-state index contributed by atoms with van der Waals surface area (Å²) in [5, 5.41) is 0.681. The lowest BCUT2D eigenvalue weighted by Gasteiger charge is -2.04. The van der Waals surface area contributed by atoms with E-state index < -0.39 is 0 Å². The smallest absolute Gasteiger partial charge is 0.185 e. The van der Waals surface area contributed by atoms with Crippen molar-refractivity contribution in [1.82, 2.24) is 9.97 Å². The standard InChI is InChI=1S/C11H8BrClN2O/c1-6-7(3-2-4-8(6)13)10-11(12)15-9(5-16)14-10/h2-5H,1H3,(H,14,15). The maximum absolute atomic E-state index is 10.6. The van der Waals surface area contributed by atoms with Gasteiger partial charge in [0.2, 0.25) is 0 Å². The molecule has 16 heavy (non-hydrogen) atoms. The van der Waals surface area contributed by atoms with Crippen molar-refractivity contribution in [3.05, 3.63) is 39.2 Å². The molecule has 0 fully saturated rings. The average molecular weight is 300 g/mol. The third-order valence-electron chi connectivity index (χ3n) is 2.31. The van der Waals surface area contributed by atoms with Gasteiger partial charge in [-0.2, -0.15) is 0 Å². The first kappa shape index (κ1) is 11.4. The number of aromatic nitrogens is 2. The van der Waals surface area contributed by atoms with Crippen molar-refractivity contribution < 1.29 is 4.79 Å². The SMILES string of the molecule is Cc1c(Cl)cccc1-c1nc(C=O)[nH]c1Br. The molecule has 1 N–H and O–H groups in total. The van der Waals surface area contributed by atoms with Gasteiger partial charge in [-0.3, -0.25) is 4.79 Å². The Labute approximate surface area is 106 Å². The summed E-state index contributed by atoms with van der Waals surface area (Å²) in [6, 6.07) is 5.59. The van der Waals surface area contributed by atoms with Crippen LogP contribution < -0.4 is 0 Å². The van der Waals surface area contributed by atoms with Gasteiger partial charge in [-0.15, -0.1) is 0 Å². The van der Waals surface area contributed by atoms with Crippen LogP contribution >= 0.6 is 27.5 Å². The molecule has 5 heteroatoms. The maximum Gasteiger partial charge on any atom is 0.185 e. The normalized spacial score (nSPS) is 10.4. The van der Waals surface area contributed by atoms with Gasteiger partial charge in [-0.25, -0.2) is 4.98 Å². The molecule has 1 heterocycles. The van der Waals surface area contributed by atoms with Crippen molar-refractivity contribution >= 4 is 33.8 Å². The zero-order chi connectivity index (χ0) is 11.7. The summed E-state index contributed by atoms with van der Waals surface area (Å²) in [4.78, 5) is 17.6. The zero-order valence-corrected chi connectivity index (χ0v) is 10.8. The minimum Gasteiger partial charge on any atom is -0.330 e. The summed E-state index contributed by atoms with van der Waals surface area (Å²) in [5.41, 5.74) is 2.54. The highest BCUT2D eigenvalue weighted by molar-refractivity contribution is 9.10. The van der Waals surface area contributed by atoms with E-state index in [1.54, 1.807) is 0 Å². The van der Waals surface area contributed by atoms with Crippen molar-refractivity contribution in [1.29, 1.82) is 0 Å². The summed E-state index contributed by atoms with van der Waals surface area (Å²) in [6.07, 6.45) is 0.675. The Morgan fingerprint density at radius 3 is 2.88 bits per heavy atom. The van der Waals surface area contributed by atoms with E-state index in [2.05, 4.69) is 25.9 Å². The molecule has 0 aliphatic carbocycles. The second-order valence-electron chi connectivity index (χ2n) is 3.31. The van der Waals surface area contributed by atoms with E-state index in [0.29, 0.717) is 27.4 Å². The molecule has 2 rings (SSSR count). The van der Waals surface area contributed by atoms with Gasteiger partial charge in [-0.05, 0) is 34.5 Å². The van der Waals surface area contributed by atoms with Gasteiger partial charge in [-0.1, -0.05) is 23.7 Å². The first-order valence-corrected chi connectivity index (χ1v) is 5.76. The quantitative estimate of drug-likeness (QED) is 0.861. The fraction of sp³-hybridized carbons (Fsp3) is 0.0909. The third-order valence-corrected chi connectivity index (χ3v) is 3.30. The predicted molar refractivity (Wildman–Crippen MR) is 66.9 cm³/mol. The highest BCUT2D eigenvalue weighted by atomic mass is 79.9. The molecule has 0 amide bonds. The molecular formula is C11H8BrClN2O. The zero-order valence-electron chi connectivity index (χ0n) is 8.42. The number of halogens is 2. The molecule has 82 valence electrons. The number of aromatic amines is 1. The van der Waals surface area contributed by atoms with Crippen molar-refractivity contribution in [2.45, 2.75) is 6.92 Å². The first-order valence-electron chi connectivity index (χ1n) is 4.59. The Balaban J connectivity index is 2.62. The van der Waals surface area contributed by atoms with Crippen LogP contribution in [0, 0.1) is 6.92 Å². The lowest BCUT2D eigenvalue weighted by atomic mass is 10.1. The van der Waals surface area contributed by atoms with E-state index >= 15 is 0 Å². The second kappa shape index (κ2) is 4.39. The Morgan fingerprint density at radius 2 is 2.25 bits per heavy atom. The van der Waals surface area contributed by atoms with E-state index in [1.165, 1.54) is 0 Å². The molecule has 0 saturated heterocycles. The fourth-order valence-electron chi connectivity index (χ4n) is 1.47. The van der Waals surface area contributed by atoms with Crippen LogP contribution in [-0.4, -0.2) is 16.3 Å². The summed E-state index contributed by atoms with van der Waals surface area (Å²) in [6.45, 7) is 1.92. The maximum atomic E-state index is 10.6. The van der Waals surface area contributed by atoms with Crippen LogP contribution in [0.5, 0.6) is 0 Å². The Bertz CT molecular complexity index is 551. The molecule has 0 radical (unpaired) electrons. The molecule has 1 aromatic carbocycles. The average Bonchev–Trinajstić information content (AvgIpc) is 2.64. The topological polar surface area (TPSA) is 45.8 Å². The van der Waals surface area contributed by atoms with Gasteiger partial charge in [0, 0.05) is 10.6 Å². The molecule has 1 aromatic heterocycles. The van der Waals surface area contributed by atoms with Crippen LogP contribution in [0.1, 0.15) is 16.2 Å². The molecule has 0 spiro atoms. The molecule has 0 unspecified atom stereocenters. The summed E-state index contributed by atoms with van der Waals surface area (Å²) < 4.78 is 0.681. The van der Waals surface area contributed by atoms with Gasteiger partial charge < -0.3 is 4.98 Å². The number of rotatable bonds is 2. The van der Waals surface area contributed by atoms with Crippen molar-refractivity contribution in [3.8, 4) is 11.3 Å². The van der Waals surface area contributed by atoms with Gasteiger partial charge >= 0.3 is 0 Å². The number of H-pyrrole nitrogens is 1. The van der Waals surface area contributed by atoms with Crippen LogP contribution in [0.4, 0.5) is 0 Å². The number of carbonyl (C=O) groups excluding carboxylic acids is 1. The minimum atomic E-state index is 0.293. The van der Waals surface area contributed by atoms with Crippen LogP contribution in [0.25, 0.3) is 11.3 Å². The molecule has 2 aromatic rings. The van der Waals surface area contributed by atoms with Crippen molar-refractivity contribution in [3.63, 3.8) is 0 Å². The number of nitrogens with zero attached hydrogens (tertiary/aromatic N) is 1. The number of nitrogens with one attached hydrogen (secondary N) is 1. The molecule has 0 aliphatic rings. The van der Waals surface area contributed by atoms with Gasteiger partial charge in [0.15, 0.2) is 12.1 Å². The Hall–Kier alpha value is -1.13. The molecular weight excluding hydrogens is 291 g/mol. The Morgan fingerprint density at radius 1 is 1.50 bits per heavy atom. The van der Waals surface area contributed by atoms with Gasteiger partial charge in [0.1, 0.15) is 10.3 Å². The van der Waals surface area contributed by atoms with E-state index in [4.69, 9.17) is 11.6 Å². The van der Waals surface area contributed by atoms with Gasteiger partial charge in [0.05, 0.1) is 0 Å². The van der Waals surface area contributed by atoms with E-state index in [0.717, 1.165) is 11.1 Å². The largest absolute Gasteiger partial charge is 0.330 e. The summed E-state index contributed by atoms with van der Waals surface area (Å²) in [7, 11) is 0. The lowest BCUT2D eigenvalue weighted by Crippen LogP contribution is -1.86. The van der Waals surface area contributed by atoms with Gasteiger partial charge in [0.25, 0.3) is 0 Å². The number of hydrogen-bond acceptors (Lipinski definition) is 2. The van der Waals surface area contributed by atoms with Crippen molar-refractivity contribution in [2.24, 2.45) is 0 Å². The highest BCUT2D eigenvalue weighted by Gasteiger charge is 2.12. The number of hydrogen-bond donors (Lipinski definition) is 1. The number of benzene rings is 1. The molecule has 0 atom stereocenters. The fourth-order valence-corrected chi connectivity index (χ4v) is 2.15. The van der Waals surface area contributed by atoms with Crippen LogP contribution in [-0.2, 0) is 0 Å². The summed E-state index contributed by atoms with van der Waals surface area (Å²) in [5.74, 6) is 0.293.